The average molecular weight is 205 g/mol. The molecular weight excluding hydrogens is 198 g/mol. The van der Waals surface area contributed by atoms with Crippen molar-refractivity contribution in [3.05, 3.63) is 14.8 Å². The SMILES string of the molecule is CC/C(=N/O)c1cc(=S)ss1. The van der Waals surface area contributed by atoms with E-state index in [1.54, 1.807) is 10.3 Å². The number of hydrogen-bond donors (Lipinski definition) is 1. The van der Waals surface area contributed by atoms with Crippen molar-refractivity contribution in [2.45, 2.75) is 13.3 Å². The zero-order valence-electron chi connectivity index (χ0n) is 5.90. The van der Waals surface area contributed by atoms with Crippen molar-refractivity contribution in [3.8, 4) is 0 Å². The van der Waals surface area contributed by atoms with Crippen LogP contribution in [-0.2, 0) is 0 Å². The van der Waals surface area contributed by atoms with Crippen molar-refractivity contribution in [1.29, 1.82) is 0 Å². The fourth-order valence-corrected chi connectivity index (χ4v) is 3.12. The predicted molar refractivity (Wildman–Crippen MR) is 51.6 cm³/mol. The second kappa shape index (κ2) is 3.94. The van der Waals surface area contributed by atoms with Gasteiger partial charge < -0.3 is 5.21 Å². The zero-order valence-corrected chi connectivity index (χ0v) is 8.35. The third-order valence-electron chi connectivity index (χ3n) is 1.20. The van der Waals surface area contributed by atoms with Gasteiger partial charge >= 0.3 is 0 Å². The Kier molecular flexibility index (Phi) is 3.16. The van der Waals surface area contributed by atoms with Gasteiger partial charge in [-0.15, -0.1) is 0 Å². The van der Waals surface area contributed by atoms with Gasteiger partial charge in [0.1, 0.15) is 3.82 Å². The van der Waals surface area contributed by atoms with Gasteiger partial charge in [-0.2, -0.15) is 0 Å². The molecule has 1 aromatic rings. The smallest absolute Gasteiger partial charge is 0.102 e. The quantitative estimate of drug-likeness (QED) is 0.264. The highest BCUT2D eigenvalue weighted by Gasteiger charge is 2.02. The summed E-state index contributed by atoms with van der Waals surface area (Å²) in [5.74, 6) is 0. The van der Waals surface area contributed by atoms with E-state index in [9.17, 15) is 0 Å². The van der Waals surface area contributed by atoms with Crippen LogP contribution in [0.5, 0.6) is 0 Å². The molecule has 11 heavy (non-hydrogen) atoms. The first-order chi connectivity index (χ1) is 5.27. The van der Waals surface area contributed by atoms with E-state index in [-0.39, 0.29) is 0 Å². The molecule has 0 radical (unpaired) electrons. The number of rotatable bonds is 2. The average Bonchev–Trinajstić information content (AvgIpc) is 2.39. The van der Waals surface area contributed by atoms with Crippen molar-refractivity contribution in [2.24, 2.45) is 5.16 Å². The molecule has 0 saturated carbocycles. The van der Waals surface area contributed by atoms with E-state index in [4.69, 9.17) is 17.4 Å². The van der Waals surface area contributed by atoms with Gasteiger partial charge in [-0.05, 0) is 12.5 Å². The summed E-state index contributed by atoms with van der Waals surface area (Å²) in [5.41, 5.74) is 0.711. The molecule has 2 nitrogen and oxygen atoms in total. The topological polar surface area (TPSA) is 32.6 Å². The van der Waals surface area contributed by atoms with Crippen molar-refractivity contribution in [3.63, 3.8) is 0 Å². The van der Waals surface area contributed by atoms with Crippen LogP contribution in [0.25, 0.3) is 0 Å². The van der Waals surface area contributed by atoms with Gasteiger partial charge in [0.15, 0.2) is 0 Å². The highest BCUT2D eigenvalue weighted by Crippen LogP contribution is 2.19. The molecule has 0 unspecified atom stereocenters. The highest BCUT2D eigenvalue weighted by molar-refractivity contribution is 7.79. The fourth-order valence-electron chi connectivity index (χ4n) is 0.667. The summed E-state index contributed by atoms with van der Waals surface area (Å²) < 4.78 is 0.847. The van der Waals surface area contributed by atoms with E-state index in [1.165, 1.54) is 10.3 Å². The van der Waals surface area contributed by atoms with Crippen LogP contribution in [0.3, 0.4) is 0 Å². The first-order valence-corrected chi connectivity index (χ1v) is 5.65. The Morgan fingerprint density at radius 3 is 2.82 bits per heavy atom. The van der Waals surface area contributed by atoms with Gasteiger partial charge in [0.2, 0.25) is 0 Å². The minimum Gasteiger partial charge on any atom is -0.411 e. The number of hydrogen-bond acceptors (Lipinski definition) is 5. The molecule has 1 N–H and O–H groups in total. The molecule has 0 aromatic carbocycles. The molecule has 0 atom stereocenters. The first-order valence-electron chi connectivity index (χ1n) is 3.09. The van der Waals surface area contributed by atoms with Gasteiger partial charge in [-0.25, -0.2) is 0 Å². The Balaban J connectivity index is 3.01. The number of nitrogens with zero attached hydrogens (tertiary/aromatic N) is 1. The lowest BCUT2D eigenvalue weighted by Crippen LogP contribution is -1.94. The molecule has 1 rings (SSSR count). The van der Waals surface area contributed by atoms with Crippen molar-refractivity contribution in [1.82, 2.24) is 0 Å². The van der Waals surface area contributed by atoms with Crippen LogP contribution < -0.4 is 0 Å². The molecule has 0 aliphatic carbocycles. The highest BCUT2D eigenvalue weighted by atomic mass is 32.9. The van der Waals surface area contributed by atoms with Crippen molar-refractivity contribution < 1.29 is 5.21 Å². The standard InChI is InChI=1S/C6H7NOS3/c1-2-4(7-8)5-3-6(9)11-10-5/h3,8H,2H2,1H3/b7-4-. The summed E-state index contributed by atoms with van der Waals surface area (Å²) in [6, 6.07) is 1.86. The van der Waals surface area contributed by atoms with Crippen molar-refractivity contribution >= 4 is 38.6 Å². The summed E-state index contributed by atoms with van der Waals surface area (Å²) in [6.07, 6.45) is 0.735. The maximum Gasteiger partial charge on any atom is 0.102 e. The van der Waals surface area contributed by atoms with Gasteiger partial charge in [0.25, 0.3) is 0 Å². The normalized spacial score (nSPS) is 11.9. The zero-order chi connectivity index (χ0) is 8.27. The van der Waals surface area contributed by atoms with Crippen LogP contribution in [0.1, 0.15) is 18.2 Å². The van der Waals surface area contributed by atoms with Crippen LogP contribution in [0, 0.1) is 3.82 Å². The molecule has 60 valence electrons. The van der Waals surface area contributed by atoms with E-state index in [2.05, 4.69) is 5.16 Å². The second-order valence-corrected chi connectivity index (χ2v) is 4.81. The van der Waals surface area contributed by atoms with Crippen LogP contribution in [0.4, 0.5) is 0 Å². The van der Waals surface area contributed by atoms with E-state index >= 15 is 0 Å². The van der Waals surface area contributed by atoms with Crippen LogP contribution in [0.15, 0.2) is 11.2 Å². The van der Waals surface area contributed by atoms with Gasteiger partial charge in [0, 0.05) is 0 Å². The molecule has 0 saturated heterocycles. The minimum absolute atomic E-state index is 0.711. The maximum absolute atomic E-state index is 8.55. The summed E-state index contributed by atoms with van der Waals surface area (Å²) in [4.78, 5) is 0.977. The van der Waals surface area contributed by atoms with Gasteiger partial charge in [0.05, 0.1) is 10.6 Å². The third kappa shape index (κ3) is 2.08. The molecule has 5 heteroatoms. The van der Waals surface area contributed by atoms with E-state index in [0.29, 0.717) is 5.71 Å². The van der Waals surface area contributed by atoms with Crippen LogP contribution in [0.2, 0.25) is 0 Å². The van der Waals surface area contributed by atoms with Crippen LogP contribution >= 0.6 is 32.9 Å². The Hall–Kier alpha value is -0.260. The molecule has 1 heterocycles. The Labute approximate surface area is 77.2 Å². The molecule has 0 aliphatic rings. The molecule has 0 spiro atoms. The van der Waals surface area contributed by atoms with Gasteiger partial charge in [-0.3, -0.25) is 0 Å². The van der Waals surface area contributed by atoms with E-state index in [0.717, 1.165) is 15.1 Å². The molecule has 0 fully saturated rings. The second-order valence-electron chi connectivity index (χ2n) is 1.89. The lowest BCUT2D eigenvalue weighted by Gasteiger charge is -1.92. The lowest BCUT2D eigenvalue weighted by molar-refractivity contribution is 0.318. The Bertz CT molecular complexity index is 312. The van der Waals surface area contributed by atoms with Crippen LogP contribution in [-0.4, -0.2) is 10.9 Å². The van der Waals surface area contributed by atoms with Gasteiger partial charge in [-0.1, -0.05) is 45.0 Å². The molecule has 1 aromatic heterocycles. The summed E-state index contributed by atoms with van der Waals surface area (Å²) in [6.45, 7) is 1.95. The van der Waals surface area contributed by atoms with Crippen molar-refractivity contribution in [2.75, 3.05) is 0 Å². The summed E-state index contributed by atoms with van der Waals surface area (Å²) >= 11 is 4.94. The number of oxime groups is 1. The molecule has 0 bridgehead atoms. The largest absolute Gasteiger partial charge is 0.411 e. The summed E-state index contributed by atoms with van der Waals surface area (Å²) in [7, 11) is 3.08. The predicted octanol–water partition coefficient (Wildman–Crippen LogP) is 3.13. The molecule has 0 amide bonds. The monoisotopic (exact) mass is 205 g/mol. The Morgan fingerprint density at radius 1 is 1.73 bits per heavy atom. The minimum atomic E-state index is 0.711. The maximum atomic E-state index is 8.55. The first kappa shape index (κ1) is 8.83. The third-order valence-corrected chi connectivity index (χ3v) is 4.11. The summed E-state index contributed by atoms with van der Waals surface area (Å²) in [5, 5.41) is 11.7. The molecular formula is C6H7NOS3. The Morgan fingerprint density at radius 2 is 2.45 bits per heavy atom. The molecule has 0 aliphatic heterocycles. The van der Waals surface area contributed by atoms with E-state index in [1.807, 2.05) is 13.0 Å². The van der Waals surface area contributed by atoms with E-state index < -0.39 is 0 Å². The fraction of sp³-hybridized carbons (Fsp3) is 0.333. The lowest BCUT2D eigenvalue weighted by atomic mass is 10.2.